The number of hydrogen-bond acceptors (Lipinski definition) is 3. The quantitative estimate of drug-likeness (QED) is 0.936. The van der Waals surface area contributed by atoms with Crippen molar-refractivity contribution in [1.29, 1.82) is 0 Å². The molecule has 0 aliphatic carbocycles. The van der Waals surface area contributed by atoms with Crippen molar-refractivity contribution in [2.45, 2.75) is 38.4 Å². The first kappa shape index (κ1) is 15.2. The molecular weight excluding hydrogens is 308 g/mol. The first-order valence-electron chi connectivity index (χ1n) is 8.47. The molecule has 2 aliphatic rings. The molecule has 0 bridgehead atoms. The Morgan fingerprint density at radius 1 is 1.26 bits per heavy atom. The van der Waals surface area contributed by atoms with Gasteiger partial charge in [0.25, 0.3) is 0 Å². The summed E-state index contributed by atoms with van der Waals surface area (Å²) >= 11 is 6.00. The molecule has 3 heterocycles. The molecule has 2 aromatic rings. The summed E-state index contributed by atoms with van der Waals surface area (Å²) in [7, 11) is 0. The van der Waals surface area contributed by atoms with Crippen LogP contribution in [0.5, 0.6) is 0 Å². The van der Waals surface area contributed by atoms with Crippen LogP contribution in [0, 0.1) is 0 Å². The molecule has 0 saturated carbocycles. The number of aromatic amines is 1. The van der Waals surface area contributed by atoms with E-state index in [0.717, 1.165) is 28.9 Å². The Morgan fingerprint density at radius 3 is 2.91 bits per heavy atom. The molecule has 1 unspecified atom stereocenters. The maximum Gasteiger partial charge on any atom is 0.0695 e. The molecule has 2 fully saturated rings. The Hall–Kier alpha value is -1.36. The first-order chi connectivity index (χ1) is 11.2. The van der Waals surface area contributed by atoms with Gasteiger partial charge >= 0.3 is 0 Å². The standard InChI is InChI=1S/C18H23ClN4/c1-13-10-22-8-2-3-17(22)12-23(13)11-15-9-20-21-18(15)14-4-6-16(19)7-5-14/h4-7,9,13,17H,2-3,8,10-12H2,1H3,(H,20,21)/t13-,17?/m0/s1. The van der Waals surface area contributed by atoms with Crippen molar-refractivity contribution in [3.63, 3.8) is 0 Å². The number of piperazine rings is 1. The van der Waals surface area contributed by atoms with Gasteiger partial charge in [0.05, 0.1) is 11.9 Å². The van der Waals surface area contributed by atoms with Gasteiger partial charge in [0.1, 0.15) is 0 Å². The maximum absolute atomic E-state index is 6.00. The van der Waals surface area contributed by atoms with E-state index in [1.165, 1.54) is 38.0 Å². The Labute approximate surface area is 142 Å². The SMILES string of the molecule is C[C@H]1CN2CCCC2CN1Cc1cn[nH]c1-c1ccc(Cl)cc1. The average Bonchev–Trinajstić information content (AvgIpc) is 3.17. The summed E-state index contributed by atoms with van der Waals surface area (Å²) in [5.41, 5.74) is 3.53. The van der Waals surface area contributed by atoms with Crippen LogP contribution in [0.4, 0.5) is 0 Å². The Balaban J connectivity index is 1.53. The largest absolute Gasteiger partial charge is 0.298 e. The number of aromatic nitrogens is 2. The second-order valence-electron chi connectivity index (χ2n) is 6.85. The number of fused-ring (bicyclic) bond motifs is 1. The highest BCUT2D eigenvalue weighted by Gasteiger charge is 2.34. The third kappa shape index (κ3) is 3.03. The molecule has 1 aromatic heterocycles. The van der Waals surface area contributed by atoms with Crippen LogP contribution in [0.15, 0.2) is 30.5 Å². The molecule has 122 valence electrons. The Kier molecular flexibility index (Phi) is 4.14. The summed E-state index contributed by atoms with van der Waals surface area (Å²) < 4.78 is 0. The van der Waals surface area contributed by atoms with E-state index in [2.05, 4.69) is 39.1 Å². The number of nitrogens with zero attached hydrogens (tertiary/aromatic N) is 3. The molecule has 1 N–H and O–H groups in total. The molecular formula is C18H23ClN4. The minimum absolute atomic E-state index is 0.595. The molecule has 0 spiro atoms. The third-order valence-corrected chi connectivity index (χ3v) is 5.54. The molecule has 2 atom stereocenters. The van der Waals surface area contributed by atoms with Crippen molar-refractivity contribution >= 4 is 11.6 Å². The van der Waals surface area contributed by atoms with Gasteiger partial charge in [-0.1, -0.05) is 23.7 Å². The molecule has 2 saturated heterocycles. The Morgan fingerprint density at radius 2 is 2.09 bits per heavy atom. The average molecular weight is 331 g/mol. The van der Waals surface area contributed by atoms with Gasteiger partial charge in [-0.25, -0.2) is 0 Å². The van der Waals surface area contributed by atoms with Crippen LogP contribution in [0.25, 0.3) is 11.3 Å². The van der Waals surface area contributed by atoms with Crippen LogP contribution in [-0.2, 0) is 6.54 Å². The maximum atomic E-state index is 6.00. The smallest absolute Gasteiger partial charge is 0.0695 e. The van der Waals surface area contributed by atoms with Crippen molar-refractivity contribution in [2.24, 2.45) is 0 Å². The van der Waals surface area contributed by atoms with Crippen LogP contribution in [0.1, 0.15) is 25.3 Å². The van der Waals surface area contributed by atoms with Gasteiger partial charge in [-0.3, -0.25) is 14.9 Å². The summed E-state index contributed by atoms with van der Waals surface area (Å²) in [5.74, 6) is 0. The first-order valence-corrected chi connectivity index (χ1v) is 8.85. The molecule has 1 aromatic carbocycles. The van der Waals surface area contributed by atoms with Crippen molar-refractivity contribution in [3.05, 3.63) is 41.0 Å². The molecule has 0 amide bonds. The highest BCUT2D eigenvalue weighted by molar-refractivity contribution is 6.30. The second-order valence-corrected chi connectivity index (χ2v) is 7.28. The van der Waals surface area contributed by atoms with Crippen LogP contribution in [0.2, 0.25) is 5.02 Å². The lowest BCUT2D eigenvalue weighted by atomic mass is 10.0. The zero-order valence-corrected chi connectivity index (χ0v) is 14.3. The highest BCUT2D eigenvalue weighted by Crippen LogP contribution is 2.28. The topological polar surface area (TPSA) is 35.2 Å². The number of hydrogen-bond donors (Lipinski definition) is 1. The van der Waals surface area contributed by atoms with Crippen LogP contribution in [0.3, 0.4) is 0 Å². The monoisotopic (exact) mass is 330 g/mol. The van der Waals surface area contributed by atoms with E-state index < -0.39 is 0 Å². The fourth-order valence-electron chi connectivity index (χ4n) is 3.98. The van der Waals surface area contributed by atoms with Crippen molar-refractivity contribution in [1.82, 2.24) is 20.0 Å². The fourth-order valence-corrected chi connectivity index (χ4v) is 4.11. The molecule has 0 radical (unpaired) electrons. The number of nitrogens with one attached hydrogen (secondary N) is 1. The van der Waals surface area contributed by atoms with Gasteiger partial charge in [-0.2, -0.15) is 5.10 Å². The summed E-state index contributed by atoms with van der Waals surface area (Å²) in [4.78, 5) is 5.27. The van der Waals surface area contributed by atoms with E-state index in [4.69, 9.17) is 11.6 Å². The summed E-state index contributed by atoms with van der Waals surface area (Å²) in [6.07, 6.45) is 4.67. The van der Waals surface area contributed by atoms with Gasteiger partial charge < -0.3 is 0 Å². The minimum Gasteiger partial charge on any atom is -0.298 e. The third-order valence-electron chi connectivity index (χ3n) is 5.29. The zero-order chi connectivity index (χ0) is 15.8. The predicted molar refractivity (Wildman–Crippen MR) is 93.5 cm³/mol. The van der Waals surface area contributed by atoms with Crippen LogP contribution >= 0.6 is 11.6 Å². The Bertz CT molecular complexity index is 666. The zero-order valence-electron chi connectivity index (χ0n) is 13.5. The molecule has 2 aliphatic heterocycles. The number of H-pyrrole nitrogens is 1. The van der Waals surface area contributed by atoms with E-state index in [-0.39, 0.29) is 0 Å². The van der Waals surface area contributed by atoms with Gasteiger partial charge in [0.15, 0.2) is 0 Å². The lowest BCUT2D eigenvalue weighted by Crippen LogP contribution is -2.54. The number of rotatable bonds is 3. The summed E-state index contributed by atoms with van der Waals surface area (Å²) in [5, 5.41) is 8.21. The normalized spacial score (nSPS) is 25.7. The fraction of sp³-hybridized carbons (Fsp3) is 0.500. The van der Waals surface area contributed by atoms with E-state index in [9.17, 15) is 0 Å². The van der Waals surface area contributed by atoms with Gasteiger partial charge in [-0.15, -0.1) is 0 Å². The van der Waals surface area contributed by atoms with E-state index in [0.29, 0.717) is 6.04 Å². The molecule has 5 heteroatoms. The van der Waals surface area contributed by atoms with E-state index in [1.807, 2.05) is 18.3 Å². The predicted octanol–water partition coefficient (Wildman–Crippen LogP) is 3.40. The van der Waals surface area contributed by atoms with Gasteiger partial charge in [0, 0.05) is 42.3 Å². The lowest BCUT2D eigenvalue weighted by Gasteiger charge is -2.42. The van der Waals surface area contributed by atoms with Crippen molar-refractivity contribution in [2.75, 3.05) is 19.6 Å². The minimum atomic E-state index is 0.595. The van der Waals surface area contributed by atoms with Gasteiger partial charge in [0.2, 0.25) is 0 Å². The molecule has 4 rings (SSSR count). The lowest BCUT2D eigenvalue weighted by molar-refractivity contribution is 0.0541. The van der Waals surface area contributed by atoms with E-state index >= 15 is 0 Å². The van der Waals surface area contributed by atoms with Gasteiger partial charge in [-0.05, 0) is 44.0 Å². The summed E-state index contributed by atoms with van der Waals surface area (Å²) in [6.45, 7) is 6.95. The molecule has 23 heavy (non-hydrogen) atoms. The second kappa shape index (κ2) is 6.27. The number of benzene rings is 1. The van der Waals surface area contributed by atoms with Crippen molar-refractivity contribution in [3.8, 4) is 11.3 Å². The molecule has 4 nitrogen and oxygen atoms in total. The van der Waals surface area contributed by atoms with E-state index in [1.54, 1.807) is 0 Å². The number of halogens is 1. The highest BCUT2D eigenvalue weighted by atomic mass is 35.5. The van der Waals surface area contributed by atoms with Crippen molar-refractivity contribution < 1.29 is 0 Å². The van der Waals surface area contributed by atoms with Crippen LogP contribution < -0.4 is 0 Å². The van der Waals surface area contributed by atoms with Crippen LogP contribution in [-0.4, -0.2) is 51.7 Å². The summed E-state index contributed by atoms with van der Waals surface area (Å²) in [6, 6.07) is 9.31.